The van der Waals surface area contributed by atoms with Crippen molar-refractivity contribution in [3.8, 4) is 0 Å². The van der Waals surface area contributed by atoms with Crippen molar-refractivity contribution in [2.45, 2.75) is 26.3 Å². The fraction of sp³-hybridized carbons (Fsp3) is 0.429. The van der Waals surface area contributed by atoms with Gasteiger partial charge in [-0.05, 0) is 37.1 Å². The second kappa shape index (κ2) is 5.65. The second-order valence-corrected chi connectivity index (χ2v) is 5.94. The minimum atomic E-state index is -1.05. The lowest BCUT2D eigenvalue weighted by atomic mass is 9.96. The Bertz CT molecular complexity index is 522. The van der Waals surface area contributed by atoms with Gasteiger partial charge >= 0.3 is 5.97 Å². The Morgan fingerprint density at radius 2 is 1.89 bits per heavy atom. The zero-order valence-corrected chi connectivity index (χ0v) is 11.8. The van der Waals surface area contributed by atoms with Crippen LogP contribution in [0.2, 0.25) is 0 Å². The first-order valence-corrected chi connectivity index (χ1v) is 7.38. The third-order valence-electron chi connectivity index (χ3n) is 3.33. The highest BCUT2D eigenvalue weighted by atomic mass is 32.2. The number of amides is 1. The summed E-state index contributed by atoms with van der Waals surface area (Å²) in [5, 5.41) is 12.2. The molecule has 4 nitrogen and oxygen atoms in total. The van der Waals surface area contributed by atoms with E-state index in [9.17, 15) is 14.7 Å². The third kappa shape index (κ3) is 2.92. The number of hydrogen-bond acceptors (Lipinski definition) is 3. The Balaban J connectivity index is 2.34. The Hall–Kier alpha value is -1.49. The number of carbonyl (C=O) groups is 2. The highest BCUT2D eigenvalue weighted by molar-refractivity contribution is 7.99. The fourth-order valence-corrected chi connectivity index (χ4v) is 3.44. The molecule has 0 aliphatic carbocycles. The van der Waals surface area contributed by atoms with Gasteiger partial charge in [0.2, 0.25) is 0 Å². The Labute approximate surface area is 116 Å². The molecular formula is C14H17NO3S. The number of carboxylic acid groups (broad SMARTS) is 1. The van der Waals surface area contributed by atoms with Gasteiger partial charge in [-0.1, -0.05) is 12.1 Å². The van der Waals surface area contributed by atoms with Crippen molar-refractivity contribution in [1.82, 2.24) is 5.32 Å². The minimum absolute atomic E-state index is 0.114. The summed E-state index contributed by atoms with van der Waals surface area (Å²) in [5.74, 6) is 0.626. The molecule has 1 aliphatic rings. The zero-order chi connectivity index (χ0) is 14.0. The summed E-state index contributed by atoms with van der Waals surface area (Å²) in [6.07, 6.45) is 0.948. The minimum Gasteiger partial charge on any atom is -0.478 e. The van der Waals surface area contributed by atoms with E-state index in [1.165, 1.54) is 0 Å². The molecule has 1 aromatic rings. The number of benzene rings is 1. The van der Waals surface area contributed by atoms with Gasteiger partial charge in [-0.2, -0.15) is 11.8 Å². The van der Waals surface area contributed by atoms with Gasteiger partial charge in [0.05, 0.1) is 11.1 Å². The summed E-state index contributed by atoms with van der Waals surface area (Å²) < 4.78 is 0. The number of hydrogen-bond donors (Lipinski definition) is 2. The van der Waals surface area contributed by atoms with Crippen LogP contribution < -0.4 is 5.32 Å². The van der Waals surface area contributed by atoms with Crippen LogP contribution in [0.4, 0.5) is 0 Å². The van der Waals surface area contributed by atoms with Crippen molar-refractivity contribution >= 4 is 23.6 Å². The number of nitrogens with one attached hydrogen (secondary N) is 1. The molecule has 0 radical (unpaired) electrons. The molecule has 1 saturated heterocycles. The molecule has 102 valence electrons. The van der Waals surface area contributed by atoms with Gasteiger partial charge in [0, 0.05) is 11.8 Å². The molecule has 0 bridgehead atoms. The Kier molecular flexibility index (Phi) is 4.14. The van der Waals surface area contributed by atoms with E-state index >= 15 is 0 Å². The van der Waals surface area contributed by atoms with Crippen LogP contribution in [0.15, 0.2) is 12.1 Å². The van der Waals surface area contributed by atoms with Gasteiger partial charge in [0.1, 0.15) is 0 Å². The zero-order valence-electron chi connectivity index (χ0n) is 11.0. The molecule has 0 spiro atoms. The van der Waals surface area contributed by atoms with E-state index in [0.29, 0.717) is 16.7 Å². The predicted molar refractivity (Wildman–Crippen MR) is 76.1 cm³/mol. The van der Waals surface area contributed by atoms with Crippen molar-refractivity contribution in [2.75, 3.05) is 11.5 Å². The third-order valence-corrected chi connectivity index (χ3v) is 4.49. The Morgan fingerprint density at radius 1 is 1.26 bits per heavy atom. The summed E-state index contributed by atoms with van der Waals surface area (Å²) in [6.45, 7) is 3.48. The van der Waals surface area contributed by atoms with E-state index in [4.69, 9.17) is 0 Å². The van der Waals surface area contributed by atoms with Crippen LogP contribution in [0.3, 0.4) is 0 Å². The maximum atomic E-state index is 12.3. The lowest BCUT2D eigenvalue weighted by Gasteiger charge is -2.15. The molecule has 5 heteroatoms. The lowest BCUT2D eigenvalue weighted by Crippen LogP contribution is -2.36. The molecule has 2 N–H and O–H groups in total. The summed E-state index contributed by atoms with van der Waals surface area (Å²) in [7, 11) is 0. The first kappa shape index (κ1) is 13.9. The van der Waals surface area contributed by atoms with Gasteiger partial charge in [0.15, 0.2) is 0 Å². The fourth-order valence-electron chi connectivity index (χ4n) is 2.29. The van der Waals surface area contributed by atoms with E-state index in [2.05, 4.69) is 5.32 Å². The lowest BCUT2D eigenvalue weighted by molar-refractivity contribution is 0.0689. The van der Waals surface area contributed by atoms with E-state index in [0.717, 1.165) is 17.9 Å². The smallest absolute Gasteiger partial charge is 0.336 e. The van der Waals surface area contributed by atoms with E-state index < -0.39 is 5.97 Å². The molecular weight excluding hydrogens is 262 g/mol. The summed E-state index contributed by atoms with van der Waals surface area (Å²) in [4.78, 5) is 23.7. The number of thioether (sulfide) groups is 1. The molecule has 1 aliphatic heterocycles. The standard InChI is InChI=1S/C14H17NO3S/c1-8-3-4-9(2)12(14(17)18)11(8)13(16)15-10-5-6-19-7-10/h3-4,10H,5-7H2,1-2H3,(H,15,16)(H,17,18). The highest BCUT2D eigenvalue weighted by Gasteiger charge is 2.24. The Morgan fingerprint density at radius 3 is 2.42 bits per heavy atom. The molecule has 19 heavy (non-hydrogen) atoms. The molecule has 1 atom stereocenters. The number of carboxylic acids is 1. The summed E-state index contributed by atoms with van der Waals surface area (Å²) in [6, 6.07) is 3.68. The normalized spacial score (nSPS) is 18.3. The van der Waals surface area contributed by atoms with Gasteiger partial charge in [0.25, 0.3) is 5.91 Å². The average molecular weight is 279 g/mol. The molecule has 1 unspecified atom stereocenters. The van der Waals surface area contributed by atoms with Crippen molar-refractivity contribution in [2.24, 2.45) is 0 Å². The second-order valence-electron chi connectivity index (χ2n) is 4.79. The van der Waals surface area contributed by atoms with Crippen molar-refractivity contribution in [1.29, 1.82) is 0 Å². The molecule has 0 aromatic heterocycles. The van der Waals surface area contributed by atoms with Crippen LogP contribution in [0.1, 0.15) is 38.3 Å². The largest absolute Gasteiger partial charge is 0.478 e. The highest BCUT2D eigenvalue weighted by Crippen LogP contribution is 2.21. The SMILES string of the molecule is Cc1ccc(C)c(C(=O)NC2CCSC2)c1C(=O)O. The predicted octanol–water partition coefficient (Wildman–Crippen LogP) is 2.24. The van der Waals surface area contributed by atoms with E-state index in [1.54, 1.807) is 37.7 Å². The van der Waals surface area contributed by atoms with Crippen molar-refractivity contribution in [3.63, 3.8) is 0 Å². The monoisotopic (exact) mass is 279 g/mol. The molecule has 1 amide bonds. The number of carbonyl (C=O) groups excluding carboxylic acids is 1. The maximum Gasteiger partial charge on any atom is 0.336 e. The van der Waals surface area contributed by atoms with Crippen molar-refractivity contribution in [3.05, 3.63) is 34.4 Å². The van der Waals surface area contributed by atoms with Crippen LogP contribution in [0, 0.1) is 13.8 Å². The molecule has 0 saturated carbocycles. The molecule has 2 rings (SSSR count). The average Bonchev–Trinajstić information content (AvgIpc) is 2.83. The van der Waals surface area contributed by atoms with Crippen LogP contribution in [0.25, 0.3) is 0 Å². The van der Waals surface area contributed by atoms with E-state index in [-0.39, 0.29) is 17.5 Å². The first-order valence-electron chi connectivity index (χ1n) is 6.23. The van der Waals surface area contributed by atoms with Crippen LogP contribution in [-0.2, 0) is 0 Å². The van der Waals surface area contributed by atoms with Gasteiger partial charge in [-0.15, -0.1) is 0 Å². The number of aromatic carboxylic acids is 1. The quantitative estimate of drug-likeness (QED) is 0.890. The molecule has 1 fully saturated rings. The first-order chi connectivity index (χ1) is 9.00. The number of aryl methyl sites for hydroxylation is 2. The van der Waals surface area contributed by atoms with E-state index in [1.807, 2.05) is 0 Å². The van der Waals surface area contributed by atoms with Crippen molar-refractivity contribution < 1.29 is 14.7 Å². The van der Waals surface area contributed by atoms with Crippen LogP contribution >= 0.6 is 11.8 Å². The number of rotatable bonds is 3. The van der Waals surface area contributed by atoms with Crippen LogP contribution in [-0.4, -0.2) is 34.5 Å². The van der Waals surface area contributed by atoms with Crippen LogP contribution in [0.5, 0.6) is 0 Å². The maximum absolute atomic E-state index is 12.3. The summed E-state index contributed by atoms with van der Waals surface area (Å²) >= 11 is 1.81. The van der Waals surface area contributed by atoms with Gasteiger partial charge in [-0.3, -0.25) is 4.79 Å². The summed E-state index contributed by atoms with van der Waals surface area (Å²) in [5.41, 5.74) is 1.72. The van der Waals surface area contributed by atoms with Gasteiger partial charge < -0.3 is 10.4 Å². The topological polar surface area (TPSA) is 66.4 Å². The molecule has 1 heterocycles. The molecule has 1 aromatic carbocycles. The van der Waals surface area contributed by atoms with Gasteiger partial charge in [-0.25, -0.2) is 4.79 Å².